The van der Waals surface area contributed by atoms with Crippen LogP contribution in [0, 0.1) is 29.4 Å². The monoisotopic (exact) mass is 394 g/mol. The lowest BCUT2D eigenvalue weighted by Gasteiger charge is -2.37. The minimum absolute atomic E-state index is 0.454. The Kier molecular flexibility index (Phi) is 8.32. The summed E-state index contributed by atoms with van der Waals surface area (Å²) in [5.74, 6) is 1.27. The zero-order valence-electron chi connectivity index (χ0n) is 16.9. The average Bonchev–Trinajstić information content (AvgIpc) is 2.70. The fourth-order valence-corrected chi connectivity index (χ4v) is 8.89. The van der Waals surface area contributed by atoms with Gasteiger partial charge >= 0.3 is 0 Å². The van der Waals surface area contributed by atoms with Gasteiger partial charge in [-0.2, -0.15) is 0 Å². The zero-order valence-corrected chi connectivity index (χ0v) is 18.1. The Bertz CT molecular complexity index is 563. The Balaban J connectivity index is 1.34. The predicted octanol–water partition coefficient (Wildman–Crippen LogP) is 6.38. The molecule has 2 aliphatic rings. The number of halogens is 2. The van der Waals surface area contributed by atoms with Crippen molar-refractivity contribution in [3.8, 4) is 0 Å². The number of methoxy groups -OCH3 is 1. The smallest absolute Gasteiger partial charge is 0.159 e. The van der Waals surface area contributed by atoms with Gasteiger partial charge in [-0.1, -0.05) is 49.9 Å². The summed E-state index contributed by atoms with van der Waals surface area (Å²) in [5, 5.41) is 0. The van der Waals surface area contributed by atoms with Crippen LogP contribution in [0.2, 0.25) is 18.1 Å². The molecule has 152 valence electrons. The molecule has 1 aromatic carbocycles. The molecule has 0 aromatic heterocycles. The molecule has 27 heavy (non-hydrogen) atoms. The van der Waals surface area contributed by atoms with Crippen LogP contribution < -0.4 is 0 Å². The Hall–Kier alpha value is -0.743. The Morgan fingerprint density at radius 3 is 2.33 bits per heavy atom. The third kappa shape index (κ3) is 6.38. The van der Waals surface area contributed by atoms with E-state index in [0.717, 1.165) is 42.8 Å². The van der Waals surface area contributed by atoms with E-state index in [1.165, 1.54) is 63.1 Å². The molecule has 0 atom stereocenters. The molecule has 0 amide bonds. The van der Waals surface area contributed by atoms with Crippen molar-refractivity contribution in [2.45, 2.75) is 75.9 Å². The zero-order chi connectivity index (χ0) is 19.1. The van der Waals surface area contributed by atoms with E-state index in [0.29, 0.717) is 0 Å². The highest BCUT2D eigenvalue weighted by atomic mass is 28.3. The van der Waals surface area contributed by atoms with Gasteiger partial charge in [0.05, 0.1) is 0 Å². The van der Waals surface area contributed by atoms with Crippen molar-refractivity contribution in [3.05, 3.63) is 35.4 Å². The molecule has 2 fully saturated rings. The minimum atomic E-state index is -0.740. The molecule has 1 heterocycles. The lowest BCUT2D eigenvalue weighted by atomic mass is 9.73. The highest BCUT2D eigenvalue weighted by Gasteiger charge is 2.31. The Morgan fingerprint density at radius 2 is 1.67 bits per heavy atom. The molecule has 4 heteroatoms. The SMILES string of the molecule is COCCC[Si@H]1CC[C@H]([C@H]2CC[C@H](CCc3ccc(F)c(F)c3)CC2)CC1. The van der Waals surface area contributed by atoms with E-state index < -0.39 is 20.4 Å². The molecule has 0 spiro atoms. The van der Waals surface area contributed by atoms with Gasteiger partial charge in [-0.3, -0.25) is 0 Å². The summed E-state index contributed by atoms with van der Waals surface area (Å²) in [6.45, 7) is 0.946. The summed E-state index contributed by atoms with van der Waals surface area (Å²) in [6, 6.07) is 8.97. The fourth-order valence-electron chi connectivity index (χ4n) is 5.48. The second kappa shape index (κ2) is 10.7. The number of aryl methyl sites for hydroxylation is 1. The average molecular weight is 395 g/mol. The molecule has 0 N–H and O–H groups in total. The molecule has 0 unspecified atom stereocenters. The molecule has 3 rings (SSSR count). The van der Waals surface area contributed by atoms with Crippen LogP contribution >= 0.6 is 0 Å². The summed E-state index contributed by atoms with van der Waals surface area (Å²) in [7, 11) is 1.36. The van der Waals surface area contributed by atoms with Gasteiger partial charge in [-0.05, 0) is 67.6 Å². The van der Waals surface area contributed by atoms with Crippen LogP contribution in [0.1, 0.15) is 56.9 Å². The largest absolute Gasteiger partial charge is 0.385 e. The molecule has 1 aliphatic carbocycles. The summed E-state index contributed by atoms with van der Waals surface area (Å²) < 4.78 is 31.6. The summed E-state index contributed by atoms with van der Waals surface area (Å²) in [6.07, 6.45) is 11.7. The van der Waals surface area contributed by atoms with E-state index >= 15 is 0 Å². The topological polar surface area (TPSA) is 9.23 Å². The molecule has 0 bridgehead atoms. The predicted molar refractivity (Wildman–Crippen MR) is 111 cm³/mol. The van der Waals surface area contributed by atoms with Gasteiger partial charge in [0, 0.05) is 22.5 Å². The molecule has 0 radical (unpaired) electrons. The van der Waals surface area contributed by atoms with E-state index in [1.54, 1.807) is 18.2 Å². The van der Waals surface area contributed by atoms with Gasteiger partial charge in [0.15, 0.2) is 11.6 Å². The van der Waals surface area contributed by atoms with E-state index in [9.17, 15) is 8.78 Å². The maximum atomic E-state index is 13.3. The lowest BCUT2D eigenvalue weighted by molar-refractivity contribution is 0.185. The molecule has 1 aromatic rings. The van der Waals surface area contributed by atoms with E-state index in [1.807, 2.05) is 7.11 Å². The molecular weight excluding hydrogens is 358 g/mol. The normalized spacial score (nSPS) is 29.0. The third-order valence-corrected chi connectivity index (χ3v) is 10.8. The van der Waals surface area contributed by atoms with Crippen LogP contribution in [0.3, 0.4) is 0 Å². The lowest BCUT2D eigenvalue weighted by Crippen LogP contribution is -2.28. The first-order valence-electron chi connectivity index (χ1n) is 11.1. The highest BCUT2D eigenvalue weighted by molar-refractivity contribution is 6.58. The number of benzene rings is 1. The van der Waals surface area contributed by atoms with E-state index in [2.05, 4.69) is 0 Å². The second-order valence-electron chi connectivity index (χ2n) is 8.98. The summed E-state index contributed by atoms with van der Waals surface area (Å²) >= 11 is 0. The first kappa shape index (κ1) is 21.0. The van der Waals surface area contributed by atoms with Crippen LogP contribution in [0.4, 0.5) is 8.78 Å². The van der Waals surface area contributed by atoms with E-state index in [4.69, 9.17) is 4.74 Å². The molecular formula is C23H36F2OSi. The number of hydrogen-bond donors (Lipinski definition) is 0. The van der Waals surface area contributed by atoms with E-state index in [-0.39, 0.29) is 0 Å². The Labute approximate surface area is 165 Å². The number of rotatable bonds is 8. The maximum Gasteiger partial charge on any atom is 0.159 e. The van der Waals surface area contributed by atoms with Gasteiger partial charge in [0.25, 0.3) is 0 Å². The second-order valence-corrected chi connectivity index (χ2v) is 12.4. The van der Waals surface area contributed by atoms with Gasteiger partial charge in [-0.25, -0.2) is 8.78 Å². The third-order valence-electron chi connectivity index (χ3n) is 7.24. The van der Waals surface area contributed by atoms with Crippen molar-refractivity contribution in [3.63, 3.8) is 0 Å². The standard InChI is InChI=1S/C23H36F2OSi/c1-26-13-2-14-27-15-11-21(12-16-27)20-8-5-18(6-9-20)3-4-19-7-10-22(24)23(25)17-19/h7,10,17-18,20-21,27H,2-6,8-9,11-16H2,1H3/t18-,20-,21-,27-. The van der Waals surface area contributed by atoms with Crippen LogP contribution in [0.25, 0.3) is 0 Å². The molecule has 1 nitrogen and oxygen atoms in total. The highest BCUT2D eigenvalue weighted by Crippen LogP contribution is 2.41. The van der Waals surface area contributed by atoms with Crippen molar-refractivity contribution in [2.24, 2.45) is 17.8 Å². The van der Waals surface area contributed by atoms with Gasteiger partial charge in [0.1, 0.15) is 0 Å². The number of ether oxygens (including phenoxy) is 1. The quantitative estimate of drug-likeness (QED) is 0.367. The Morgan fingerprint density at radius 1 is 0.963 bits per heavy atom. The van der Waals surface area contributed by atoms with Crippen molar-refractivity contribution in [1.82, 2.24) is 0 Å². The van der Waals surface area contributed by atoms with Crippen LogP contribution in [0.15, 0.2) is 18.2 Å². The molecule has 1 saturated heterocycles. The van der Waals surface area contributed by atoms with Crippen molar-refractivity contribution >= 4 is 8.80 Å². The molecule has 1 aliphatic heterocycles. The minimum Gasteiger partial charge on any atom is -0.385 e. The van der Waals surface area contributed by atoms with Crippen molar-refractivity contribution in [2.75, 3.05) is 13.7 Å². The van der Waals surface area contributed by atoms with Crippen molar-refractivity contribution < 1.29 is 13.5 Å². The number of hydrogen-bond acceptors (Lipinski definition) is 1. The van der Waals surface area contributed by atoms with Gasteiger partial charge in [-0.15, -0.1) is 0 Å². The van der Waals surface area contributed by atoms with Crippen molar-refractivity contribution in [1.29, 1.82) is 0 Å². The first-order valence-corrected chi connectivity index (χ1v) is 13.5. The van der Waals surface area contributed by atoms with Gasteiger partial charge in [0.2, 0.25) is 0 Å². The molecule has 1 saturated carbocycles. The van der Waals surface area contributed by atoms with Crippen LogP contribution in [-0.2, 0) is 11.2 Å². The maximum absolute atomic E-state index is 13.3. The van der Waals surface area contributed by atoms with Crippen LogP contribution in [0.5, 0.6) is 0 Å². The van der Waals surface area contributed by atoms with Crippen LogP contribution in [-0.4, -0.2) is 22.5 Å². The summed E-state index contributed by atoms with van der Waals surface area (Å²) in [5.41, 5.74) is 0.938. The fraction of sp³-hybridized carbons (Fsp3) is 0.739. The van der Waals surface area contributed by atoms with Gasteiger partial charge < -0.3 is 4.74 Å². The summed E-state index contributed by atoms with van der Waals surface area (Å²) in [4.78, 5) is 0. The first-order chi connectivity index (χ1) is 13.2.